The Kier molecular flexibility index (Phi) is 3.29. The second-order valence-electron chi connectivity index (χ2n) is 6.70. The molecule has 1 aromatic carbocycles. The molecule has 0 bridgehead atoms. The number of likely N-dealkylation sites (tertiary alicyclic amines) is 1. The lowest BCUT2D eigenvalue weighted by atomic mass is 9.98. The van der Waals surface area contributed by atoms with Gasteiger partial charge < -0.3 is 10.4 Å². The van der Waals surface area contributed by atoms with Gasteiger partial charge in [0.2, 0.25) is 0 Å². The molecule has 108 valence electrons. The summed E-state index contributed by atoms with van der Waals surface area (Å²) in [7, 11) is 0. The van der Waals surface area contributed by atoms with E-state index in [1.165, 1.54) is 30.5 Å². The van der Waals surface area contributed by atoms with Crippen LogP contribution >= 0.6 is 0 Å². The van der Waals surface area contributed by atoms with Crippen LogP contribution in [0.4, 0.5) is 0 Å². The number of hydrogen-bond acceptors (Lipinski definition) is 3. The van der Waals surface area contributed by atoms with E-state index >= 15 is 0 Å². The molecule has 1 aromatic rings. The standard InChI is InChI=1S/C17H24N2O/c20-17-6-5-13-10-19(11-15(13)17)16-7-8-18-9-12-3-1-2-4-14(12)16/h1-4,13,15-18,20H,5-11H2. The zero-order valence-electron chi connectivity index (χ0n) is 12.0. The molecule has 1 saturated carbocycles. The van der Waals surface area contributed by atoms with Crippen molar-refractivity contribution < 1.29 is 5.11 Å². The number of benzene rings is 1. The second-order valence-corrected chi connectivity index (χ2v) is 6.70. The lowest BCUT2D eigenvalue weighted by Crippen LogP contribution is -2.30. The maximum Gasteiger partial charge on any atom is 0.0583 e. The molecule has 2 heterocycles. The minimum atomic E-state index is -0.0517. The number of aliphatic hydroxyl groups excluding tert-OH is 1. The SMILES string of the molecule is OC1CCC2CN(C3CCNCc4ccccc43)CC12. The first-order valence-corrected chi connectivity index (χ1v) is 8.03. The van der Waals surface area contributed by atoms with E-state index in [1.807, 2.05) is 0 Å². The van der Waals surface area contributed by atoms with E-state index in [9.17, 15) is 5.11 Å². The van der Waals surface area contributed by atoms with Gasteiger partial charge in [-0.1, -0.05) is 24.3 Å². The molecule has 2 N–H and O–H groups in total. The van der Waals surface area contributed by atoms with Crippen LogP contribution in [0.5, 0.6) is 0 Å². The molecule has 4 rings (SSSR count). The van der Waals surface area contributed by atoms with Crippen LogP contribution < -0.4 is 5.32 Å². The highest BCUT2D eigenvalue weighted by atomic mass is 16.3. The predicted octanol–water partition coefficient (Wildman–Crippen LogP) is 1.92. The third-order valence-corrected chi connectivity index (χ3v) is 5.61. The highest BCUT2D eigenvalue weighted by Gasteiger charge is 2.44. The Labute approximate surface area is 121 Å². The summed E-state index contributed by atoms with van der Waals surface area (Å²) in [4.78, 5) is 2.64. The van der Waals surface area contributed by atoms with Gasteiger partial charge in [0.05, 0.1) is 6.10 Å². The van der Waals surface area contributed by atoms with Crippen molar-refractivity contribution in [3.63, 3.8) is 0 Å². The zero-order chi connectivity index (χ0) is 13.5. The molecule has 3 aliphatic rings. The Morgan fingerprint density at radius 1 is 1.10 bits per heavy atom. The average Bonchev–Trinajstić information content (AvgIpc) is 2.95. The second kappa shape index (κ2) is 5.14. The van der Waals surface area contributed by atoms with E-state index < -0.39 is 0 Å². The van der Waals surface area contributed by atoms with Crippen molar-refractivity contribution in [3.8, 4) is 0 Å². The molecule has 0 radical (unpaired) electrons. The molecule has 4 atom stereocenters. The van der Waals surface area contributed by atoms with Crippen LogP contribution in [-0.4, -0.2) is 35.7 Å². The summed E-state index contributed by atoms with van der Waals surface area (Å²) in [5, 5.41) is 13.7. The summed E-state index contributed by atoms with van der Waals surface area (Å²) in [6, 6.07) is 9.41. The van der Waals surface area contributed by atoms with Crippen molar-refractivity contribution in [1.82, 2.24) is 10.2 Å². The summed E-state index contributed by atoms with van der Waals surface area (Å²) < 4.78 is 0. The van der Waals surface area contributed by atoms with Crippen molar-refractivity contribution >= 4 is 0 Å². The Morgan fingerprint density at radius 2 is 2.00 bits per heavy atom. The van der Waals surface area contributed by atoms with Gasteiger partial charge in [-0.25, -0.2) is 0 Å². The number of hydrogen-bond donors (Lipinski definition) is 2. The molecule has 3 heteroatoms. The molecule has 2 aliphatic heterocycles. The molecule has 3 nitrogen and oxygen atoms in total. The van der Waals surface area contributed by atoms with Crippen LogP contribution in [0, 0.1) is 11.8 Å². The number of aliphatic hydroxyl groups is 1. The van der Waals surface area contributed by atoms with E-state index in [0.29, 0.717) is 12.0 Å². The van der Waals surface area contributed by atoms with Crippen molar-refractivity contribution in [2.24, 2.45) is 11.8 Å². The Hall–Kier alpha value is -0.900. The lowest BCUT2D eigenvalue weighted by Gasteiger charge is -2.29. The highest BCUT2D eigenvalue weighted by molar-refractivity contribution is 5.31. The van der Waals surface area contributed by atoms with E-state index in [0.717, 1.165) is 32.0 Å². The maximum absolute atomic E-state index is 10.1. The third-order valence-electron chi connectivity index (χ3n) is 5.61. The molecule has 1 aliphatic carbocycles. The largest absolute Gasteiger partial charge is 0.393 e. The number of nitrogens with one attached hydrogen (secondary N) is 1. The molecule has 0 aromatic heterocycles. The summed E-state index contributed by atoms with van der Waals surface area (Å²) >= 11 is 0. The monoisotopic (exact) mass is 272 g/mol. The molecule has 2 fully saturated rings. The molecule has 0 amide bonds. The first-order chi connectivity index (χ1) is 9.83. The lowest BCUT2D eigenvalue weighted by molar-refractivity contribution is 0.117. The number of rotatable bonds is 1. The van der Waals surface area contributed by atoms with Crippen molar-refractivity contribution in [3.05, 3.63) is 35.4 Å². The fraction of sp³-hybridized carbons (Fsp3) is 0.647. The fourth-order valence-electron chi connectivity index (χ4n) is 4.54. The van der Waals surface area contributed by atoms with Gasteiger partial charge in [0.1, 0.15) is 0 Å². The van der Waals surface area contributed by atoms with E-state index in [-0.39, 0.29) is 6.10 Å². The maximum atomic E-state index is 10.1. The summed E-state index contributed by atoms with van der Waals surface area (Å²) in [6.07, 6.45) is 3.37. The van der Waals surface area contributed by atoms with Gasteiger partial charge in [-0.15, -0.1) is 0 Å². The van der Waals surface area contributed by atoms with Crippen molar-refractivity contribution in [1.29, 1.82) is 0 Å². The van der Waals surface area contributed by atoms with Gasteiger partial charge in [-0.3, -0.25) is 4.90 Å². The molecular formula is C17H24N2O. The van der Waals surface area contributed by atoms with Crippen LogP contribution in [0.1, 0.15) is 36.4 Å². The first-order valence-electron chi connectivity index (χ1n) is 8.03. The minimum absolute atomic E-state index is 0.0517. The van der Waals surface area contributed by atoms with Crippen LogP contribution in [0.25, 0.3) is 0 Å². The highest BCUT2D eigenvalue weighted by Crippen LogP contribution is 2.42. The molecule has 0 spiro atoms. The molecular weight excluding hydrogens is 248 g/mol. The third kappa shape index (κ3) is 2.09. The number of nitrogens with zero attached hydrogens (tertiary/aromatic N) is 1. The van der Waals surface area contributed by atoms with E-state index in [1.54, 1.807) is 0 Å². The average molecular weight is 272 g/mol. The Bertz CT molecular complexity index is 490. The number of fused-ring (bicyclic) bond motifs is 2. The first kappa shape index (κ1) is 12.8. The van der Waals surface area contributed by atoms with Gasteiger partial charge in [0.15, 0.2) is 0 Å². The van der Waals surface area contributed by atoms with E-state index in [2.05, 4.69) is 34.5 Å². The van der Waals surface area contributed by atoms with Gasteiger partial charge in [0, 0.05) is 31.6 Å². The Morgan fingerprint density at radius 3 is 2.90 bits per heavy atom. The topological polar surface area (TPSA) is 35.5 Å². The Balaban J connectivity index is 1.60. The van der Waals surface area contributed by atoms with Gasteiger partial charge in [-0.2, -0.15) is 0 Å². The van der Waals surface area contributed by atoms with Gasteiger partial charge in [-0.05, 0) is 42.9 Å². The van der Waals surface area contributed by atoms with Crippen molar-refractivity contribution in [2.75, 3.05) is 19.6 Å². The quantitative estimate of drug-likeness (QED) is 0.820. The fourth-order valence-corrected chi connectivity index (χ4v) is 4.54. The van der Waals surface area contributed by atoms with Crippen molar-refractivity contribution in [2.45, 2.75) is 38.0 Å². The molecule has 4 unspecified atom stereocenters. The minimum Gasteiger partial charge on any atom is -0.393 e. The normalized spacial score (nSPS) is 37.5. The van der Waals surface area contributed by atoms with Gasteiger partial charge >= 0.3 is 0 Å². The van der Waals surface area contributed by atoms with Crippen LogP contribution in [-0.2, 0) is 6.54 Å². The van der Waals surface area contributed by atoms with Gasteiger partial charge in [0.25, 0.3) is 0 Å². The van der Waals surface area contributed by atoms with E-state index in [4.69, 9.17) is 0 Å². The molecule has 1 saturated heterocycles. The molecule has 20 heavy (non-hydrogen) atoms. The summed E-state index contributed by atoms with van der Waals surface area (Å²) in [5.74, 6) is 1.26. The van der Waals surface area contributed by atoms with Crippen LogP contribution in [0.2, 0.25) is 0 Å². The zero-order valence-corrected chi connectivity index (χ0v) is 12.0. The summed E-state index contributed by atoms with van der Waals surface area (Å²) in [5.41, 5.74) is 2.96. The smallest absolute Gasteiger partial charge is 0.0583 e. The predicted molar refractivity (Wildman–Crippen MR) is 79.3 cm³/mol. The summed E-state index contributed by atoms with van der Waals surface area (Å²) in [6.45, 7) is 4.36. The van der Waals surface area contributed by atoms with Crippen LogP contribution in [0.3, 0.4) is 0 Å². The van der Waals surface area contributed by atoms with Crippen LogP contribution in [0.15, 0.2) is 24.3 Å².